The molecule has 0 unspecified atom stereocenters. The van der Waals surface area contributed by atoms with Crippen molar-refractivity contribution >= 4 is 27.8 Å². The van der Waals surface area contributed by atoms with Gasteiger partial charge < -0.3 is 47.9 Å². The van der Waals surface area contributed by atoms with Crippen LogP contribution in [0.1, 0.15) is 27.2 Å². The maximum absolute atomic E-state index is 11.5. The van der Waals surface area contributed by atoms with Crippen molar-refractivity contribution in [1.29, 1.82) is 0 Å². The third-order valence-electron chi connectivity index (χ3n) is 4.16. The molecule has 0 fully saturated rings. The van der Waals surface area contributed by atoms with E-state index in [0.717, 1.165) is 0 Å². The SMILES string of the molecule is CC(C)(C)OC(=O)CCOCCOCCOCCOCCOCCOCCOCCOCCNC(=O)CBr. The van der Waals surface area contributed by atoms with Crippen LogP contribution in [-0.2, 0) is 52.2 Å². The molecular weight excluding hydrogens is 570 g/mol. The van der Waals surface area contributed by atoms with Crippen LogP contribution in [0.25, 0.3) is 0 Å². The van der Waals surface area contributed by atoms with Crippen LogP contribution in [0.2, 0.25) is 0 Å². The first-order valence-corrected chi connectivity index (χ1v) is 14.1. The van der Waals surface area contributed by atoms with Crippen molar-refractivity contribution < 1.29 is 52.2 Å². The number of hydrogen-bond donors (Lipinski definition) is 1. The quantitative estimate of drug-likeness (QED) is 0.0776. The van der Waals surface area contributed by atoms with Gasteiger partial charge in [-0.3, -0.25) is 9.59 Å². The molecule has 38 heavy (non-hydrogen) atoms. The van der Waals surface area contributed by atoms with E-state index in [4.69, 9.17) is 42.6 Å². The third kappa shape index (κ3) is 31.3. The van der Waals surface area contributed by atoms with Crippen LogP contribution in [0, 0.1) is 0 Å². The molecule has 0 atom stereocenters. The van der Waals surface area contributed by atoms with Gasteiger partial charge in [0.15, 0.2) is 0 Å². The number of rotatable bonds is 28. The second kappa shape index (κ2) is 27.7. The number of alkyl halides is 1. The fourth-order valence-corrected chi connectivity index (χ4v) is 2.70. The summed E-state index contributed by atoms with van der Waals surface area (Å²) in [5.74, 6) is -0.325. The largest absolute Gasteiger partial charge is 0.460 e. The fraction of sp³-hybridized carbons (Fsp3) is 0.920. The Morgan fingerprint density at radius 1 is 0.553 bits per heavy atom. The second-order valence-electron chi connectivity index (χ2n) is 8.72. The summed E-state index contributed by atoms with van der Waals surface area (Å²) in [7, 11) is 0. The molecule has 0 saturated heterocycles. The molecule has 0 aromatic rings. The average Bonchev–Trinajstić information content (AvgIpc) is 2.87. The highest BCUT2D eigenvalue weighted by atomic mass is 79.9. The van der Waals surface area contributed by atoms with Gasteiger partial charge in [0.25, 0.3) is 0 Å². The summed E-state index contributed by atoms with van der Waals surface area (Å²) in [4.78, 5) is 22.5. The summed E-state index contributed by atoms with van der Waals surface area (Å²) in [6.07, 6.45) is 0.232. The molecule has 1 N–H and O–H groups in total. The molecule has 0 aliphatic rings. The standard InChI is InChI=1S/C25H48BrNO11/c1-25(2,3)38-24(29)4-6-30-8-10-32-12-14-34-16-18-36-20-21-37-19-17-35-15-13-33-11-9-31-7-5-27-23(28)22-26/h4-22H2,1-3H3,(H,27,28). The molecule has 0 heterocycles. The van der Waals surface area contributed by atoms with Gasteiger partial charge in [0.05, 0.1) is 117 Å². The molecule has 0 aliphatic heterocycles. The minimum absolute atomic E-state index is 0.0589. The topological polar surface area (TPSA) is 129 Å². The maximum atomic E-state index is 11.5. The lowest BCUT2D eigenvalue weighted by atomic mass is 10.2. The third-order valence-corrected chi connectivity index (χ3v) is 4.67. The van der Waals surface area contributed by atoms with Crippen molar-refractivity contribution in [3.05, 3.63) is 0 Å². The highest BCUT2D eigenvalue weighted by Gasteiger charge is 2.15. The van der Waals surface area contributed by atoms with Gasteiger partial charge in [-0.15, -0.1) is 0 Å². The lowest BCUT2D eigenvalue weighted by Crippen LogP contribution is -2.28. The van der Waals surface area contributed by atoms with Gasteiger partial charge in [-0.25, -0.2) is 0 Å². The molecule has 1 amide bonds. The lowest BCUT2D eigenvalue weighted by Gasteiger charge is -2.19. The molecule has 0 aliphatic carbocycles. The Morgan fingerprint density at radius 2 is 0.868 bits per heavy atom. The predicted molar refractivity (Wildman–Crippen MR) is 144 cm³/mol. The number of amides is 1. The summed E-state index contributed by atoms with van der Waals surface area (Å²) in [5, 5.41) is 2.99. The number of carbonyl (C=O) groups excluding carboxylic acids is 2. The Morgan fingerprint density at radius 3 is 1.18 bits per heavy atom. The van der Waals surface area contributed by atoms with Crippen molar-refractivity contribution in [2.75, 3.05) is 118 Å². The van der Waals surface area contributed by atoms with Crippen LogP contribution in [-0.4, -0.2) is 135 Å². The average molecular weight is 619 g/mol. The Balaban J connectivity index is 3.12. The van der Waals surface area contributed by atoms with Crippen LogP contribution in [0.4, 0.5) is 0 Å². The molecule has 0 rings (SSSR count). The van der Waals surface area contributed by atoms with Crippen molar-refractivity contribution in [3.8, 4) is 0 Å². The second-order valence-corrected chi connectivity index (χ2v) is 9.28. The summed E-state index contributed by atoms with van der Waals surface area (Å²) in [5.41, 5.74) is -0.472. The first kappa shape index (κ1) is 37.1. The monoisotopic (exact) mass is 617 g/mol. The number of halogens is 1. The van der Waals surface area contributed by atoms with Crippen molar-refractivity contribution in [2.45, 2.75) is 32.8 Å². The zero-order chi connectivity index (χ0) is 28.2. The molecule has 0 spiro atoms. The van der Waals surface area contributed by atoms with E-state index in [-0.39, 0.29) is 18.3 Å². The molecule has 0 radical (unpaired) electrons. The minimum atomic E-state index is -0.472. The highest BCUT2D eigenvalue weighted by Crippen LogP contribution is 2.08. The molecule has 0 saturated carbocycles. The van der Waals surface area contributed by atoms with Gasteiger partial charge in [0.2, 0.25) is 5.91 Å². The van der Waals surface area contributed by atoms with Gasteiger partial charge >= 0.3 is 5.97 Å². The Hall–Kier alpha value is -0.900. The van der Waals surface area contributed by atoms with Crippen molar-refractivity contribution in [1.82, 2.24) is 5.32 Å². The Bertz CT molecular complexity index is 550. The van der Waals surface area contributed by atoms with Crippen LogP contribution >= 0.6 is 15.9 Å². The lowest BCUT2D eigenvalue weighted by molar-refractivity contribution is -0.156. The number of ether oxygens (including phenoxy) is 9. The van der Waals surface area contributed by atoms with E-state index in [9.17, 15) is 9.59 Å². The number of hydrogen-bond acceptors (Lipinski definition) is 11. The molecular formula is C25H48BrNO11. The van der Waals surface area contributed by atoms with E-state index in [1.54, 1.807) is 0 Å². The van der Waals surface area contributed by atoms with Gasteiger partial charge in [-0.1, -0.05) is 15.9 Å². The van der Waals surface area contributed by atoms with E-state index in [0.29, 0.717) is 118 Å². The minimum Gasteiger partial charge on any atom is -0.460 e. The summed E-state index contributed by atoms with van der Waals surface area (Å²) < 4.78 is 48.4. The van der Waals surface area contributed by atoms with E-state index in [1.807, 2.05) is 20.8 Å². The van der Waals surface area contributed by atoms with E-state index < -0.39 is 5.60 Å². The summed E-state index contributed by atoms with van der Waals surface area (Å²) in [6, 6.07) is 0. The number of esters is 1. The van der Waals surface area contributed by atoms with Gasteiger partial charge in [0, 0.05) is 6.54 Å². The number of nitrogens with one attached hydrogen (secondary N) is 1. The van der Waals surface area contributed by atoms with Gasteiger partial charge in [-0.05, 0) is 20.8 Å². The fourth-order valence-electron chi connectivity index (χ4n) is 2.50. The molecule has 226 valence electrons. The maximum Gasteiger partial charge on any atom is 0.308 e. The molecule has 0 bridgehead atoms. The predicted octanol–water partition coefficient (Wildman–Crippen LogP) is 1.36. The van der Waals surface area contributed by atoms with Crippen LogP contribution < -0.4 is 5.32 Å². The molecule has 13 heteroatoms. The number of carbonyl (C=O) groups is 2. The smallest absolute Gasteiger partial charge is 0.308 e. The first-order valence-electron chi connectivity index (χ1n) is 13.0. The van der Waals surface area contributed by atoms with E-state index in [2.05, 4.69) is 21.2 Å². The summed E-state index contributed by atoms with van der Waals surface area (Å²) in [6.45, 7) is 13.4. The van der Waals surface area contributed by atoms with Crippen LogP contribution in [0.15, 0.2) is 0 Å². The van der Waals surface area contributed by atoms with Crippen LogP contribution in [0.3, 0.4) is 0 Å². The van der Waals surface area contributed by atoms with E-state index >= 15 is 0 Å². The molecule has 12 nitrogen and oxygen atoms in total. The van der Waals surface area contributed by atoms with Crippen molar-refractivity contribution in [2.24, 2.45) is 0 Å². The van der Waals surface area contributed by atoms with Crippen LogP contribution in [0.5, 0.6) is 0 Å². The first-order chi connectivity index (χ1) is 18.3. The normalized spacial score (nSPS) is 11.6. The van der Waals surface area contributed by atoms with Gasteiger partial charge in [0.1, 0.15) is 5.60 Å². The Labute approximate surface area is 235 Å². The summed E-state index contributed by atoms with van der Waals surface area (Å²) >= 11 is 3.07. The zero-order valence-electron chi connectivity index (χ0n) is 23.3. The molecule has 0 aromatic carbocycles. The van der Waals surface area contributed by atoms with E-state index in [1.165, 1.54) is 0 Å². The zero-order valence-corrected chi connectivity index (χ0v) is 24.9. The van der Waals surface area contributed by atoms with Gasteiger partial charge in [-0.2, -0.15) is 0 Å². The highest BCUT2D eigenvalue weighted by molar-refractivity contribution is 9.09. The molecule has 0 aromatic heterocycles. The van der Waals surface area contributed by atoms with Crippen molar-refractivity contribution in [3.63, 3.8) is 0 Å². The Kier molecular flexibility index (Phi) is 27.0.